The third kappa shape index (κ3) is 3.14. The average molecular weight is 300 g/mol. The van der Waals surface area contributed by atoms with Crippen LogP contribution in [0.3, 0.4) is 0 Å². The van der Waals surface area contributed by atoms with Gasteiger partial charge in [-0.1, -0.05) is 42.5 Å². The molecule has 1 N–H and O–H groups in total. The van der Waals surface area contributed by atoms with Gasteiger partial charge in [0, 0.05) is 10.5 Å². The molecule has 0 aliphatic carbocycles. The van der Waals surface area contributed by atoms with Gasteiger partial charge in [0.25, 0.3) is 0 Å². The molecular formula is C18H20O2S. The summed E-state index contributed by atoms with van der Waals surface area (Å²) < 4.78 is 12.8. The minimum atomic E-state index is -1.33. The minimum Gasteiger partial charge on any atom is -0.381 e. The highest BCUT2D eigenvalue weighted by Gasteiger charge is 2.28. The first kappa shape index (κ1) is 15.7. The fourth-order valence-corrected chi connectivity index (χ4v) is 3.36. The van der Waals surface area contributed by atoms with E-state index in [-0.39, 0.29) is 0 Å². The zero-order valence-electron chi connectivity index (χ0n) is 12.6. The van der Waals surface area contributed by atoms with E-state index in [1.165, 1.54) is 0 Å². The molecule has 0 bridgehead atoms. The second-order valence-corrected chi connectivity index (χ2v) is 6.88. The van der Waals surface area contributed by atoms with Gasteiger partial charge in [-0.2, -0.15) is 0 Å². The molecule has 2 aromatic carbocycles. The topological polar surface area (TPSA) is 37.3 Å². The number of benzene rings is 2. The minimum absolute atomic E-state index is 0.620. The predicted molar refractivity (Wildman–Crippen MR) is 86.7 cm³/mol. The molecule has 21 heavy (non-hydrogen) atoms. The van der Waals surface area contributed by atoms with Crippen LogP contribution >= 0.6 is 0 Å². The molecule has 0 aliphatic rings. The lowest BCUT2D eigenvalue weighted by Gasteiger charge is -2.26. The molecule has 0 fully saturated rings. The van der Waals surface area contributed by atoms with Crippen molar-refractivity contribution in [1.29, 1.82) is 0 Å². The molecule has 2 atom stereocenters. The van der Waals surface area contributed by atoms with Crippen LogP contribution in [-0.4, -0.2) is 9.32 Å². The molecule has 1 unspecified atom stereocenters. The number of aryl methyl sites for hydroxylation is 1. The number of rotatable bonds is 4. The third-order valence-electron chi connectivity index (χ3n) is 3.68. The standard InChI is InChI=1S/C18H20O2S/c1-13(2)18(4,19)16-7-5-6-8-17(16)21(20)15-11-9-14(3)10-12-15/h5-12,19H,1H2,2-4H3/t18-,21?/m1/s1. The van der Waals surface area contributed by atoms with Gasteiger partial charge in [-0.05, 0) is 44.5 Å². The summed E-state index contributed by atoms with van der Waals surface area (Å²) in [5.74, 6) is 0. The Morgan fingerprint density at radius 1 is 1.14 bits per heavy atom. The van der Waals surface area contributed by atoms with E-state index in [4.69, 9.17) is 0 Å². The highest BCUT2D eigenvalue weighted by molar-refractivity contribution is 7.85. The van der Waals surface area contributed by atoms with Crippen molar-refractivity contribution >= 4 is 10.8 Å². The van der Waals surface area contributed by atoms with Gasteiger partial charge < -0.3 is 5.11 Å². The molecule has 2 rings (SSSR count). The summed E-state index contributed by atoms with van der Waals surface area (Å²) >= 11 is 0. The van der Waals surface area contributed by atoms with Gasteiger partial charge in [0.05, 0.1) is 15.7 Å². The monoisotopic (exact) mass is 300 g/mol. The Kier molecular flexibility index (Phi) is 4.45. The van der Waals surface area contributed by atoms with Gasteiger partial charge in [0.1, 0.15) is 5.60 Å². The average Bonchev–Trinajstić information content (AvgIpc) is 2.47. The van der Waals surface area contributed by atoms with Crippen molar-refractivity contribution in [2.24, 2.45) is 0 Å². The lowest BCUT2D eigenvalue weighted by molar-refractivity contribution is 0.0951. The SMILES string of the molecule is C=C(C)[C@@](C)(O)c1ccccc1S(=O)c1ccc(C)cc1. The van der Waals surface area contributed by atoms with Crippen molar-refractivity contribution in [3.63, 3.8) is 0 Å². The van der Waals surface area contributed by atoms with Crippen molar-refractivity contribution in [2.45, 2.75) is 36.2 Å². The van der Waals surface area contributed by atoms with Crippen LogP contribution in [0.5, 0.6) is 0 Å². The largest absolute Gasteiger partial charge is 0.381 e. The summed E-state index contributed by atoms with van der Waals surface area (Å²) in [6.45, 7) is 9.28. The van der Waals surface area contributed by atoms with E-state index in [0.29, 0.717) is 16.0 Å². The van der Waals surface area contributed by atoms with Crippen LogP contribution in [0.25, 0.3) is 0 Å². The molecular weight excluding hydrogens is 280 g/mol. The summed E-state index contributed by atoms with van der Waals surface area (Å²) in [4.78, 5) is 1.35. The maximum Gasteiger partial charge on any atom is 0.108 e. The molecule has 3 heteroatoms. The highest BCUT2D eigenvalue weighted by atomic mass is 32.2. The third-order valence-corrected chi connectivity index (χ3v) is 5.13. The second kappa shape index (κ2) is 5.96. The molecule has 0 amide bonds. The Labute approximate surface area is 128 Å². The van der Waals surface area contributed by atoms with Crippen molar-refractivity contribution < 1.29 is 9.32 Å². The van der Waals surface area contributed by atoms with Gasteiger partial charge >= 0.3 is 0 Å². The Bertz CT molecular complexity index is 685. The molecule has 0 saturated heterocycles. The molecule has 0 aromatic heterocycles. The van der Waals surface area contributed by atoms with Crippen LogP contribution in [0.2, 0.25) is 0 Å². The normalized spacial score (nSPS) is 15.2. The lowest BCUT2D eigenvalue weighted by atomic mass is 9.90. The number of hydrogen-bond donors (Lipinski definition) is 1. The quantitative estimate of drug-likeness (QED) is 0.868. The van der Waals surface area contributed by atoms with Gasteiger partial charge in [0.15, 0.2) is 0 Å². The highest BCUT2D eigenvalue weighted by Crippen LogP contribution is 2.33. The Morgan fingerprint density at radius 2 is 1.71 bits per heavy atom. The summed E-state index contributed by atoms with van der Waals surface area (Å²) in [5, 5.41) is 10.6. The van der Waals surface area contributed by atoms with Gasteiger partial charge in [-0.3, -0.25) is 0 Å². The number of aliphatic hydroxyl groups is 1. The summed E-state index contributed by atoms with van der Waals surface area (Å²) in [5.41, 5.74) is 1.18. The maximum absolute atomic E-state index is 12.8. The van der Waals surface area contributed by atoms with Gasteiger partial charge in [0.2, 0.25) is 0 Å². The van der Waals surface area contributed by atoms with Crippen LogP contribution in [-0.2, 0) is 16.4 Å². The van der Waals surface area contributed by atoms with E-state index in [2.05, 4.69) is 6.58 Å². The molecule has 0 aliphatic heterocycles. The van der Waals surface area contributed by atoms with E-state index in [0.717, 1.165) is 10.5 Å². The van der Waals surface area contributed by atoms with E-state index in [1.807, 2.05) is 43.3 Å². The van der Waals surface area contributed by atoms with Crippen molar-refractivity contribution in [3.8, 4) is 0 Å². The first-order valence-electron chi connectivity index (χ1n) is 6.80. The summed E-state index contributed by atoms with van der Waals surface area (Å²) in [7, 11) is -1.33. The molecule has 0 heterocycles. The maximum atomic E-state index is 12.8. The van der Waals surface area contributed by atoms with Crippen LogP contribution in [0.4, 0.5) is 0 Å². The van der Waals surface area contributed by atoms with Crippen molar-refractivity contribution in [2.75, 3.05) is 0 Å². The fraction of sp³-hybridized carbons (Fsp3) is 0.222. The van der Waals surface area contributed by atoms with Crippen LogP contribution in [0.15, 0.2) is 70.5 Å². The summed E-state index contributed by atoms with van der Waals surface area (Å²) in [6.07, 6.45) is 0. The second-order valence-electron chi connectivity index (χ2n) is 5.43. The van der Waals surface area contributed by atoms with Crippen molar-refractivity contribution in [3.05, 3.63) is 71.8 Å². The molecule has 0 spiro atoms. The van der Waals surface area contributed by atoms with E-state index >= 15 is 0 Å². The van der Waals surface area contributed by atoms with Crippen molar-refractivity contribution in [1.82, 2.24) is 0 Å². The van der Waals surface area contributed by atoms with Crippen LogP contribution < -0.4 is 0 Å². The predicted octanol–water partition coefficient (Wildman–Crippen LogP) is 3.95. The molecule has 0 saturated carbocycles. The Morgan fingerprint density at radius 3 is 2.29 bits per heavy atom. The fourth-order valence-electron chi connectivity index (χ4n) is 2.05. The molecule has 110 valence electrons. The van der Waals surface area contributed by atoms with Crippen LogP contribution in [0, 0.1) is 6.92 Å². The molecule has 2 aromatic rings. The van der Waals surface area contributed by atoms with Gasteiger partial charge in [-0.25, -0.2) is 4.21 Å². The molecule has 2 nitrogen and oxygen atoms in total. The first-order valence-corrected chi connectivity index (χ1v) is 7.95. The van der Waals surface area contributed by atoms with E-state index in [1.54, 1.807) is 26.0 Å². The van der Waals surface area contributed by atoms with Crippen LogP contribution in [0.1, 0.15) is 25.0 Å². The summed E-state index contributed by atoms with van der Waals surface area (Å²) in [6, 6.07) is 14.9. The Balaban J connectivity index is 2.52. The lowest BCUT2D eigenvalue weighted by Crippen LogP contribution is -2.24. The first-order chi connectivity index (χ1) is 9.84. The number of hydrogen-bond acceptors (Lipinski definition) is 2. The zero-order valence-corrected chi connectivity index (χ0v) is 13.4. The smallest absolute Gasteiger partial charge is 0.108 e. The zero-order chi connectivity index (χ0) is 15.6. The van der Waals surface area contributed by atoms with E-state index < -0.39 is 16.4 Å². The van der Waals surface area contributed by atoms with Gasteiger partial charge in [-0.15, -0.1) is 0 Å². The van der Waals surface area contributed by atoms with E-state index in [9.17, 15) is 9.32 Å². The molecule has 0 radical (unpaired) electrons. The Hall–Kier alpha value is -1.71.